The van der Waals surface area contributed by atoms with Crippen molar-refractivity contribution in [3.63, 3.8) is 0 Å². The molecule has 0 saturated heterocycles. The first kappa shape index (κ1) is 12.7. The van der Waals surface area contributed by atoms with Gasteiger partial charge in [0, 0.05) is 3.57 Å². The van der Waals surface area contributed by atoms with Crippen molar-refractivity contribution in [2.45, 2.75) is 0 Å². The highest BCUT2D eigenvalue weighted by Gasteiger charge is 2.06. The smallest absolute Gasteiger partial charge is 0.238 e. The standard InChI is InChI=1S/C10H12ClIN2O/c1-14(2)6-10(15)13-9-4-3-7(12)5-8(9)11/h3-5H,6H2,1-2H3,(H,13,15). The molecule has 1 N–H and O–H groups in total. The molecule has 1 aromatic rings. The van der Waals surface area contributed by atoms with E-state index in [-0.39, 0.29) is 5.91 Å². The summed E-state index contributed by atoms with van der Waals surface area (Å²) in [6.07, 6.45) is 0. The van der Waals surface area contributed by atoms with Gasteiger partial charge in [0.1, 0.15) is 0 Å². The Kier molecular flexibility index (Phi) is 4.82. The summed E-state index contributed by atoms with van der Waals surface area (Å²) >= 11 is 8.15. The van der Waals surface area contributed by atoms with Crippen LogP contribution >= 0.6 is 34.2 Å². The monoisotopic (exact) mass is 338 g/mol. The quantitative estimate of drug-likeness (QED) is 0.859. The van der Waals surface area contributed by atoms with Gasteiger partial charge in [0.25, 0.3) is 0 Å². The molecule has 0 saturated carbocycles. The van der Waals surface area contributed by atoms with Crippen LogP contribution in [0.4, 0.5) is 5.69 Å². The second-order valence-electron chi connectivity index (χ2n) is 3.41. The molecule has 0 radical (unpaired) electrons. The molecule has 0 aliphatic rings. The first-order valence-corrected chi connectivity index (χ1v) is 5.84. The lowest BCUT2D eigenvalue weighted by molar-refractivity contribution is -0.116. The minimum atomic E-state index is -0.0666. The predicted octanol–water partition coefficient (Wildman–Crippen LogP) is 2.44. The average molecular weight is 339 g/mol. The molecule has 1 aromatic carbocycles. The third kappa shape index (κ3) is 4.36. The number of anilines is 1. The Hall–Kier alpha value is -0.330. The minimum absolute atomic E-state index is 0.0666. The number of carbonyl (C=O) groups excluding carboxylic acids is 1. The Labute approximate surface area is 108 Å². The van der Waals surface area contributed by atoms with Crippen LogP contribution in [0.15, 0.2) is 18.2 Å². The fraction of sp³-hybridized carbons (Fsp3) is 0.300. The van der Waals surface area contributed by atoms with Gasteiger partial charge < -0.3 is 10.2 Å². The van der Waals surface area contributed by atoms with Gasteiger partial charge >= 0.3 is 0 Å². The zero-order valence-electron chi connectivity index (χ0n) is 8.55. The van der Waals surface area contributed by atoms with Crippen molar-refractivity contribution in [1.29, 1.82) is 0 Å². The molecule has 1 rings (SSSR count). The molecule has 0 aliphatic heterocycles. The molecule has 0 heterocycles. The highest BCUT2D eigenvalue weighted by molar-refractivity contribution is 14.1. The Morgan fingerprint density at radius 2 is 2.20 bits per heavy atom. The molecular weight excluding hydrogens is 326 g/mol. The van der Waals surface area contributed by atoms with Gasteiger partial charge in [-0.3, -0.25) is 4.79 Å². The van der Waals surface area contributed by atoms with Crippen molar-refractivity contribution < 1.29 is 4.79 Å². The fourth-order valence-electron chi connectivity index (χ4n) is 1.07. The highest BCUT2D eigenvalue weighted by atomic mass is 127. The predicted molar refractivity (Wildman–Crippen MR) is 71.4 cm³/mol. The van der Waals surface area contributed by atoms with Gasteiger partial charge in [-0.1, -0.05) is 11.6 Å². The van der Waals surface area contributed by atoms with Gasteiger partial charge in [0.15, 0.2) is 0 Å². The van der Waals surface area contributed by atoms with Crippen molar-refractivity contribution in [3.8, 4) is 0 Å². The zero-order chi connectivity index (χ0) is 11.4. The Balaban J connectivity index is 2.68. The molecule has 3 nitrogen and oxygen atoms in total. The topological polar surface area (TPSA) is 32.3 Å². The first-order chi connectivity index (χ1) is 6.99. The fourth-order valence-corrected chi connectivity index (χ4v) is 1.97. The van der Waals surface area contributed by atoms with Crippen LogP contribution in [0.25, 0.3) is 0 Å². The molecule has 0 spiro atoms. The van der Waals surface area contributed by atoms with Crippen molar-refractivity contribution in [3.05, 3.63) is 26.8 Å². The maximum atomic E-state index is 11.4. The van der Waals surface area contributed by atoms with E-state index in [9.17, 15) is 4.79 Å². The Morgan fingerprint density at radius 1 is 1.53 bits per heavy atom. The van der Waals surface area contributed by atoms with Crippen LogP contribution < -0.4 is 5.32 Å². The van der Waals surface area contributed by atoms with Crippen molar-refractivity contribution in [1.82, 2.24) is 4.90 Å². The SMILES string of the molecule is CN(C)CC(=O)Nc1ccc(I)cc1Cl. The lowest BCUT2D eigenvalue weighted by Crippen LogP contribution is -2.27. The first-order valence-electron chi connectivity index (χ1n) is 4.38. The van der Waals surface area contributed by atoms with E-state index in [1.807, 2.05) is 26.2 Å². The zero-order valence-corrected chi connectivity index (χ0v) is 11.5. The maximum absolute atomic E-state index is 11.4. The van der Waals surface area contributed by atoms with Crippen LogP contribution in [0.2, 0.25) is 5.02 Å². The number of halogens is 2. The van der Waals surface area contributed by atoms with E-state index in [1.54, 1.807) is 11.0 Å². The molecule has 15 heavy (non-hydrogen) atoms. The summed E-state index contributed by atoms with van der Waals surface area (Å²) < 4.78 is 1.04. The molecule has 0 unspecified atom stereocenters. The summed E-state index contributed by atoms with van der Waals surface area (Å²) in [5.41, 5.74) is 0.656. The third-order valence-electron chi connectivity index (χ3n) is 1.67. The van der Waals surface area contributed by atoms with Gasteiger partial charge in [-0.25, -0.2) is 0 Å². The number of hydrogen-bond acceptors (Lipinski definition) is 2. The van der Waals surface area contributed by atoms with Gasteiger partial charge in [0.05, 0.1) is 17.3 Å². The molecule has 0 aliphatic carbocycles. The Bertz CT molecular complexity index is 368. The van der Waals surface area contributed by atoms with Gasteiger partial charge in [-0.2, -0.15) is 0 Å². The van der Waals surface area contributed by atoms with Crippen LogP contribution in [0, 0.1) is 3.57 Å². The molecule has 0 aromatic heterocycles. The lowest BCUT2D eigenvalue weighted by Gasteiger charge is -2.11. The highest BCUT2D eigenvalue weighted by Crippen LogP contribution is 2.23. The second kappa shape index (κ2) is 5.67. The summed E-state index contributed by atoms with van der Waals surface area (Å²) in [4.78, 5) is 13.2. The largest absolute Gasteiger partial charge is 0.324 e. The number of benzene rings is 1. The van der Waals surface area contributed by atoms with Crippen LogP contribution in [-0.2, 0) is 4.79 Å². The summed E-state index contributed by atoms with van der Waals surface area (Å²) in [6, 6.07) is 5.52. The van der Waals surface area contributed by atoms with E-state index < -0.39 is 0 Å². The molecule has 0 bridgehead atoms. The van der Waals surface area contributed by atoms with E-state index in [1.165, 1.54) is 0 Å². The van der Waals surface area contributed by atoms with Gasteiger partial charge in [-0.15, -0.1) is 0 Å². The van der Waals surface area contributed by atoms with E-state index in [2.05, 4.69) is 27.9 Å². The Morgan fingerprint density at radius 3 is 2.73 bits per heavy atom. The number of amides is 1. The minimum Gasteiger partial charge on any atom is -0.324 e. The average Bonchev–Trinajstić information content (AvgIpc) is 2.08. The molecule has 1 amide bonds. The molecule has 0 fully saturated rings. The number of hydrogen-bond donors (Lipinski definition) is 1. The van der Waals surface area contributed by atoms with Crippen LogP contribution in [0.1, 0.15) is 0 Å². The number of nitrogens with zero attached hydrogens (tertiary/aromatic N) is 1. The van der Waals surface area contributed by atoms with E-state index in [0.717, 1.165) is 3.57 Å². The van der Waals surface area contributed by atoms with Gasteiger partial charge in [-0.05, 0) is 54.9 Å². The number of carbonyl (C=O) groups is 1. The van der Waals surface area contributed by atoms with E-state index in [0.29, 0.717) is 17.3 Å². The third-order valence-corrected chi connectivity index (χ3v) is 2.65. The van der Waals surface area contributed by atoms with E-state index >= 15 is 0 Å². The van der Waals surface area contributed by atoms with Crippen LogP contribution in [0.5, 0.6) is 0 Å². The summed E-state index contributed by atoms with van der Waals surface area (Å²) in [6.45, 7) is 0.350. The summed E-state index contributed by atoms with van der Waals surface area (Å²) in [5.74, 6) is -0.0666. The summed E-state index contributed by atoms with van der Waals surface area (Å²) in [5, 5.41) is 3.32. The number of likely N-dealkylation sites (N-methyl/N-ethyl adjacent to an activating group) is 1. The summed E-state index contributed by atoms with van der Waals surface area (Å²) in [7, 11) is 3.68. The van der Waals surface area contributed by atoms with E-state index in [4.69, 9.17) is 11.6 Å². The number of rotatable bonds is 3. The molecule has 5 heteroatoms. The van der Waals surface area contributed by atoms with Crippen LogP contribution in [0.3, 0.4) is 0 Å². The molecule has 0 atom stereocenters. The molecule has 82 valence electrons. The van der Waals surface area contributed by atoms with Gasteiger partial charge in [0.2, 0.25) is 5.91 Å². The second-order valence-corrected chi connectivity index (χ2v) is 5.06. The van der Waals surface area contributed by atoms with Crippen molar-refractivity contribution in [2.24, 2.45) is 0 Å². The lowest BCUT2D eigenvalue weighted by atomic mass is 10.3. The van der Waals surface area contributed by atoms with Crippen LogP contribution in [-0.4, -0.2) is 31.4 Å². The van der Waals surface area contributed by atoms with Crippen molar-refractivity contribution >= 4 is 45.8 Å². The maximum Gasteiger partial charge on any atom is 0.238 e. The number of nitrogens with one attached hydrogen (secondary N) is 1. The molecular formula is C10H12ClIN2O. The normalized spacial score (nSPS) is 10.5. The van der Waals surface area contributed by atoms with Crippen molar-refractivity contribution in [2.75, 3.05) is 26.0 Å².